The highest BCUT2D eigenvalue weighted by Crippen LogP contribution is 2.35. The molecule has 3 aliphatic rings. The van der Waals surface area contributed by atoms with E-state index in [2.05, 4.69) is 9.80 Å². The van der Waals surface area contributed by atoms with E-state index in [9.17, 15) is 24.3 Å². The fraction of sp³-hybridized carbons (Fsp3) is 0.516. The Kier molecular flexibility index (Phi) is 7.81. The van der Waals surface area contributed by atoms with Crippen LogP contribution < -0.4 is 0 Å². The molecule has 0 radical (unpaired) electrons. The molecule has 0 aromatic heterocycles. The Morgan fingerprint density at radius 3 is 2.63 bits per heavy atom. The number of hydrogen-bond acceptors (Lipinski definition) is 8. The number of β-amino-alcohol motifs (C(OH)–C–C–N with tert-alkyl or cyclic N) is 1. The first-order chi connectivity index (χ1) is 19.4. The zero-order valence-corrected chi connectivity index (χ0v) is 24.2. The maximum Gasteiger partial charge on any atom is 0.410 e. The molecule has 1 N–H and O–H groups in total. The second-order valence-electron chi connectivity index (χ2n) is 12.2. The molecule has 3 aliphatic heterocycles. The Balaban J connectivity index is 1.35. The summed E-state index contributed by atoms with van der Waals surface area (Å²) in [6.45, 7) is 12.7. The first-order valence-electron chi connectivity index (χ1n) is 14.0. The number of carbonyl (C=O) groups is 2. The van der Waals surface area contributed by atoms with Crippen LogP contribution >= 0.6 is 0 Å². The Labute approximate surface area is 240 Å². The van der Waals surface area contributed by atoms with E-state index in [-0.39, 0.29) is 24.2 Å². The van der Waals surface area contributed by atoms with Crippen LogP contribution in [0.15, 0.2) is 24.3 Å². The van der Waals surface area contributed by atoms with Gasteiger partial charge >= 0.3 is 12.1 Å². The fourth-order valence-corrected chi connectivity index (χ4v) is 6.26. The lowest BCUT2D eigenvalue weighted by atomic mass is 9.92. The van der Waals surface area contributed by atoms with Crippen molar-refractivity contribution in [1.82, 2.24) is 14.7 Å². The van der Waals surface area contributed by atoms with E-state index in [4.69, 9.17) is 9.47 Å². The number of benzene rings is 2. The van der Waals surface area contributed by atoms with Crippen molar-refractivity contribution in [3.8, 4) is 6.07 Å². The summed E-state index contributed by atoms with van der Waals surface area (Å²) in [4.78, 5) is 31.6. The van der Waals surface area contributed by atoms with Crippen LogP contribution in [0.2, 0.25) is 0 Å². The largest absolute Gasteiger partial charge is 0.457 e. The number of carbonyl (C=O) groups excluding carboxylic acids is 2. The number of nitrogens with zero attached hydrogens (tertiary/aromatic N) is 4. The molecule has 0 bridgehead atoms. The van der Waals surface area contributed by atoms with Crippen molar-refractivity contribution in [2.24, 2.45) is 0 Å². The zero-order valence-electron chi connectivity index (χ0n) is 24.2. The first-order valence-corrected chi connectivity index (χ1v) is 14.0. The van der Waals surface area contributed by atoms with Crippen LogP contribution in [0.4, 0.5) is 9.18 Å². The number of esters is 1. The third-order valence-corrected chi connectivity index (χ3v) is 8.43. The SMILES string of the molecule is Cc1c([C@@H]2CN3CCN(CC(O)c4ccc5c(c4C)COC5=O)C[C@H]3CN2C(=O)OC(C)(C)C)ccc(F)c1C#N. The van der Waals surface area contributed by atoms with Crippen molar-refractivity contribution in [3.05, 3.63) is 69.0 Å². The summed E-state index contributed by atoms with van der Waals surface area (Å²) in [5, 5.41) is 20.7. The molecular formula is C31H37FN4O5. The van der Waals surface area contributed by atoms with Gasteiger partial charge in [-0.3, -0.25) is 14.7 Å². The minimum Gasteiger partial charge on any atom is -0.457 e. The molecule has 2 aromatic rings. The molecule has 0 aliphatic carbocycles. The van der Waals surface area contributed by atoms with Crippen molar-refractivity contribution >= 4 is 12.1 Å². The zero-order chi connectivity index (χ0) is 29.6. The molecule has 2 aromatic carbocycles. The van der Waals surface area contributed by atoms with Crippen LogP contribution in [0.25, 0.3) is 0 Å². The number of ether oxygens (including phenoxy) is 2. The Morgan fingerprint density at radius 2 is 1.93 bits per heavy atom. The summed E-state index contributed by atoms with van der Waals surface area (Å²) in [6.07, 6.45) is -1.20. The van der Waals surface area contributed by atoms with Crippen LogP contribution in [0.5, 0.6) is 0 Å². The van der Waals surface area contributed by atoms with Crippen molar-refractivity contribution in [3.63, 3.8) is 0 Å². The minimum atomic E-state index is -0.743. The molecule has 3 atom stereocenters. The van der Waals surface area contributed by atoms with Crippen LogP contribution in [-0.2, 0) is 16.1 Å². The molecule has 41 heavy (non-hydrogen) atoms. The molecule has 10 heteroatoms. The lowest BCUT2D eigenvalue weighted by Gasteiger charge is -2.51. The predicted molar refractivity (Wildman–Crippen MR) is 149 cm³/mol. The van der Waals surface area contributed by atoms with Crippen LogP contribution in [0.1, 0.15) is 76.7 Å². The highest BCUT2D eigenvalue weighted by Gasteiger charge is 2.42. The first kappa shape index (κ1) is 29.0. The predicted octanol–water partition coefficient (Wildman–Crippen LogP) is 4.00. The molecule has 2 saturated heterocycles. The summed E-state index contributed by atoms with van der Waals surface area (Å²) in [5.41, 5.74) is 3.61. The van der Waals surface area contributed by atoms with Crippen molar-refractivity contribution < 1.29 is 28.6 Å². The molecule has 5 rings (SSSR count). The number of cyclic esters (lactones) is 1. The fourth-order valence-electron chi connectivity index (χ4n) is 6.26. The number of amides is 1. The lowest BCUT2D eigenvalue weighted by molar-refractivity contribution is -0.0424. The molecule has 0 spiro atoms. The van der Waals surface area contributed by atoms with Gasteiger partial charge in [-0.1, -0.05) is 12.1 Å². The maximum atomic E-state index is 14.3. The van der Waals surface area contributed by atoms with Gasteiger partial charge in [-0.25, -0.2) is 14.0 Å². The van der Waals surface area contributed by atoms with Gasteiger partial charge in [-0.2, -0.15) is 5.26 Å². The number of nitriles is 1. The van der Waals surface area contributed by atoms with Gasteiger partial charge in [0.25, 0.3) is 0 Å². The van der Waals surface area contributed by atoms with Gasteiger partial charge in [-0.05, 0) is 69.0 Å². The third kappa shape index (κ3) is 5.67. The van der Waals surface area contributed by atoms with Crippen LogP contribution in [-0.4, -0.2) is 82.8 Å². The van der Waals surface area contributed by atoms with Gasteiger partial charge in [0.2, 0.25) is 0 Å². The number of piperazine rings is 2. The van der Waals surface area contributed by atoms with Crippen molar-refractivity contribution in [2.75, 3.05) is 39.3 Å². The van der Waals surface area contributed by atoms with Gasteiger partial charge in [0.1, 0.15) is 24.1 Å². The standard InChI is InChI=1S/C31H37FN4O5/c1-18-21(8-9-26(32)24(18)12-33)27-15-35-11-10-34(13-20(35)14-36(27)30(39)41-31(3,4)5)16-28(37)22-6-7-23-25(19(22)2)17-40-29(23)38/h6-9,20,27-28,37H,10-11,13-17H2,1-5H3/t20-,27-,28?/m0/s1. The lowest BCUT2D eigenvalue weighted by Crippen LogP contribution is -2.64. The Bertz CT molecular complexity index is 1410. The average Bonchev–Trinajstić information content (AvgIpc) is 3.29. The van der Waals surface area contributed by atoms with E-state index < -0.39 is 29.7 Å². The molecule has 218 valence electrons. The molecular weight excluding hydrogens is 527 g/mol. The number of halogens is 1. The number of rotatable bonds is 4. The quantitative estimate of drug-likeness (QED) is 0.556. The van der Waals surface area contributed by atoms with Crippen LogP contribution in [0.3, 0.4) is 0 Å². The molecule has 1 amide bonds. The normalized spacial score (nSPS) is 22.0. The molecule has 0 saturated carbocycles. The summed E-state index contributed by atoms with van der Waals surface area (Å²) in [7, 11) is 0. The molecule has 3 heterocycles. The van der Waals surface area contributed by atoms with Gasteiger partial charge in [0.05, 0.1) is 23.3 Å². The average molecular weight is 565 g/mol. The minimum absolute atomic E-state index is 0.00282. The molecule has 1 unspecified atom stereocenters. The monoisotopic (exact) mass is 564 g/mol. The van der Waals surface area contributed by atoms with Gasteiger partial charge in [-0.15, -0.1) is 0 Å². The Hall–Kier alpha value is -3.52. The highest BCUT2D eigenvalue weighted by molar-refractivity contribution is 5.94. The van der Waals surface area contributed by atoms with E-state index in [0.717, 1.165) is 35.3 Å². The molecule has 2 fully saturated rings. The van der Waals surface area contributed by atoms with E-state index in [1.807, 2.05) is 33.8 Å². The molecule has 9 nitrogen and oxygen atoms in total. The van der Waals surface area contributed by atoms with E-state index in [1.165, 1.54) is 6.07 Å². The van der Waals surface area contributed by atoms with E-state index in [0.29, 0.717) is 37.3 Å². The third-order valence-electron chi connectivity index (χ3n) is 8.43. The number of aliphatic hydroxyl groups is 1. The maximum absolute atomic E-state index is 14.3. The summed E-state index contributed by atoms with van der Waals surface area (Å²) < 4.78 is 25.3. The van der Waals surface area contributed by atoms with E-state index >= 15 is 0 Å². The number of fused-ring (bicyclic) bond motifs is 2. The summed E-state index contributed by atoms with van der Waals surface area (Å²) in [5.74, 6) is -0.902. The van der Waals surface area contributed by atoms with Crippen LogP contribution in [0, 0.1) is 31.0 Å². The van der Waals surface area contributed by atoms with Gasteiger partial charge < -0.3 is 14.6 Å². The summed E-state index contributed by atoms with van der Waals surface area (Å²) in [6, 6.07) is 8.05. The second-order valence-corrected chi connectivity index (χ2v) is 12.2. The Morgan fingerprint density at radius 1 is 1.17 bits per heavy atom. The van der Waals surface area contributed by atoms with Gasteiger partial charge in [0, 0.05) is 50.9 Å². The number of aliphatic hydroxyl groups excluding tert-OH is 1. The smallest absolute Gasteiger partial charge is 0.410 e. The number of hydrogen-bond donors (Lipinski definition) is 1. The van der Waals surface area contributed by atoms with E-state index in [1.54, 1.807) is 30.0 Å². The second kappa shape index (κ2) is 11.0. The van der Waals surface area contributed by atoms with Crippen molar-refractivity contribution in [1.29, 1.82) is 5.26 Å². The van der Waals surface area contributed by atoms with Crippen molar-refractivity contribution in [2.45, 2.75) is 65.0 Å². The highest BCUT2D eigenvalue weighted by atomic mass is 19.1. The van der Waals surface area contributed by atoms with Gasteiger partial charge in [0.15, 0.2) is 0 Å². The summed E-state index contributed by atoms with van der Waals surface area (Å²) >= 11 is 0. The topological polar surface area (TPSA) is 106 Å².